The van der Waals surface area contributed by atoms with Crippen molar-refractivity contribution in [3.8, 4) is 0 Å². The van der Waals surface area contributed by atoms with Gasteiger partial charge in [-0.1, -0.05) is 0 Å². The number of hydrogen-bond acceptors (Lipinski definition) is 2. The van der Waals surface area contributed by atoms with Crippen LogP contribution in [0.5, 0.6) is 0 Å². The standard InChI is InChI=1S/C10H8BrF3N2O/c11-6-1-2-7(15-5-6)8(17)16-9(3-4-9)10(12,13)14/h1-2,5H,3-4H2,(H,16,17). The number of pyridine rings is 1. The normalized spacial score (nSPS) is 17.6. The zero-order chi connectivity index (χ0) is 12.7. The number of carbonyl (C=O) groups is 1. The van der Waals surface area contributed by atoms with Crippen LogP contribution in [0.3, 0.4) is 0 Å². The number of amides is 1. The van der Waals surface area contributed by atoms with Crippen molar-refractivity contribution in [3.63, 3.8) is 0 Å². The Bertz CT molecular complexity index is 440. The van der Waals surface area contributed by atoms with E-state index in [9.17, 15) is 18.0 Å². The second-order valence-electron chi connectivity index (χ2n) is 3.90. The molecule has 1 amide bonds. The SMILES string of the molecule is O=C(NC1(C(F)(F)F)CC1)c1ccc(Br)cn1. The van der Waals surface area contributed by atoms with Crippen molar-refractivity contribution < 1.29 is 18.0 Å². The molecular weight excluding hydrogens is 301 g/mol. The molecule has 17 heavy (non-hydrogen) atoms. The number of nitrogens with one attached hydrogen (secondary N) is 1. The molecule has 0 aliphatic heterocycles. The van der Waals surface area contributed by atoms with Crippen molar-refractivity contribution in [3.05, 3.63) is 28.5 Å². The molecule has 1 N–H and O–H groups in total. The lowest BCUT2D eigenvalue weighted by atomic mass is 10.2. The molecule has 1 heterocycles. The zero-order valence-electron chi connectivity index (χ0n) is 8.51. The van der Waals surface area contributed by atoms with E-state index in [-0.39, 0.29) is 18.5 Å². The molecule has 1 aliphatic rings. The van der Waals surface area contributed by atoms with Gasteiger partial charge in [0.15, 0.2) is 0 Å². The Morgan fingerprint density at radius 3 is 2.47 bits per heavy atom. The van der Waals surface area contributed by atoms with Crippen molar-refractivity contribution in [1.82, 2.24) is 10.3 Å². The first-order valence-electron chi connectivity index (χ1n) is 4.85. The number of carbonyl (C=O) groups excluding carboxylic acids is 1. The number of nitrogens with zero attached hydrogens (tertiary/aromatic N) is 1. The molecule has 3 nitrogen and oxygen atoms in total. The molecule has 0 bridgehead atoms. The molecule has 2 rings (SSSR count). The summed E-state index contributed by atoms with van der Waals surface area (Å²) in [4.78, 5) is 15.3. The van der Waals surface area contributed by atoms with Crippen molar-refractivity contribution in [1.29, 1.82) is 0 Å². The van der Waals surface area contributed by atoms with Crippen molar-refractivity contribution in [2.75, 3.05) is 0 Å². The largest absolute Gasteiger partial charge is 0.411 e. The summed E-state index contributed by atoms with van der Waals surface area (Å²) in [6, 6.07) is 2.92. The summed E-state index contributed by atoms with van der Waals surface area (Å²) in [5, 5.41) is 2.00. The van der Waals surface area contributed by atoms with Gasteiger partial charge in [-0.3, -0.25) is 4.79 Å². The van der Waals surface area contributed by atoms with Gasteiger partial charge in [0.2, 0.25) is 0 Å². The van der Waals surface area contributed by atoms with Crippen LogP contribution in [0, 0.1) is 0 Å². The van der Waals surface area contributed by atoms with Gasteiger partial charge in [0.05, 0.1) is 0 Å². The minimum atomic E-state index is -4.40. The molecular formula is C10H8BrF3N2O. The van der Waals surface area contributed by atoms with Crippen LogP contribution in [0.2, 0.25) is 0 Å². The third-order valence-corrected chi connectivity index (χ3v) is 3.07. The topological polar surface area (TPSA) is 42.0 Å². The summed E-state index contributed by atoms with van der Waals surface area (Å²) in [6.07, 6.45) is -3.18. The number of halogens is 4. The Hall–Kier alpha value is -1.11. The Balaban J connectivity index is 2.10. The fourth-order valence-corrected chi connectivity index (χ4v) is 1.63. The number of rotatable bonds is 2. The van der Waals surface area contributed by atoms with Gasteiger partial charge in [0.25, 0.3) is 5.91 Å². The van der Waals surface area contributed by atoms with E-state index in [2.05, 4.69) is 20.9 Å². The van der Waals surface area contributed by atoms with Crippen molar-refractivity contribution in [2.45, 2.75) is 24.6 Å². The molecule has 92 valence electrons. The first-order valence-corrected chi connectivity index (χ1v) is 5.64. The molecule has 1 aromatic rings. The second kappa shape index (κ2) is 3.97. The summed E-state index contributed by atoms with van der Waals surface area (Å²) in [5.74, 6) is -0.799. The number of alkyl halides is 3. The van der Waals surface area contributed by atoms with Crippen LogP contribution in [-0.4, -0.2) is 22.6 Å². The Kier molecular flexibility index (Phi) is 2.89. The van der Waals surface area contributed by atoms with E-state index in [1.807, 2.05) is 5.32 Å². The Labute approximate surface area is 104 Å². The Morgan fingerprint density at radius 2 is 2.06 bits per heavy atom. The summed E-state index contributed by atoms with van der Waals surface area (Å²) in [7, 11) is 0. The predicted molar refractivity (Wildman–Crippen MR) is 57.4 cm³/mol. The molecule has 0 spiro atoms. The first-order chi connectivity index (χ1) is 7.84. The van der Waals surface area contributed by atoms with Crippen LogP contribution in [0.1, 0.15) is 23.3 Å². The van der Waals surface area contributed by atoms with Gasteiger partial charge in [0, 0.05) is 10.7 Å². The third-order valence-electron chi connectivity index (χ3n) is 2.61. The lowest BCUT2D eigenvalue weighted by Gasteiger charge is -2.20. The lowest BCUT2D eigenvalue weighted by molar-refractivity contribution is -0.163. The summed E-state index contributed by atoms with van der Waals surface area (Å²) in [6.45, 7) is 0. The monoisotopic (exact) mass is 308 g/mol. The summed E-state index contributed by atoms with van der Waals surface area (Å²) in [5.41, 5.74) is -2.07. The van der Waals surface area contributed by atoms with Crippen LogP contribution in [0.4, 0.5) is 13.2 Å². The molecule has 1 aliphatic carbocycles. The third kappa shape index (κ3) is 2.43. The molecule has 7 heteroatoms. The summed E-state index contributed by atoms with van der Waals surface area (Å²) >= 11 is 3.13. The minimum absolute atomic E-state index is 0.0243. The zero-order valence-corrected chi connectivity index (χ0v) is 10.1. The molecule has 1 fully saturated rings. The van der Waals surface area contributed by atoms with Crippen LogP contribution in [0.15, 0.2) is 22.8 Å². The molecule has 0 unspecified atom stereocenters. The van der Waals surface area contributed by atoms with Gasteiger partial charge >= 0.3 is 6.18 Å². The van der Waals surface area contributed by atoms with Crippen molar-refractivity contribution in [2.24, 2.45) is 0 Å². The molecule has 1 saturated carbocycles. The average molecular weight is 309 g/mol. The molecule has 0 radical (unpaired) electrons. The highest BCUT2D eigenvalue weighted by Gasteiger charge is 2.64. The highest BCUT2D eigenvalue weighted by atomic mass is 79.9. The maximum Gasteiger partial charge on any atom is 0.411 e. The van der Waals surface area contributed by atoms with E-state index in [4.69, 9.17) is 0 Å². The molecule has 1 aromatic heterocycles. The Morgan fingerprint density at radius 1 is 1.41 bits per heavy atom. The van der Waals surface area contributed by atoms with Crippen LogP contribution in [-0.2, 0) is 0 Å². The molecule has 0 saturated heterocycles. The van der Waals surface area contributed by atoms with E-state index in [0.717, 1.165) is 0 Å². The highest BCUT2D eigenvalue weighted by Crippen LogP contribution is 2.48. The van der Waals surface area contributed by atoms with Gasteiger partial charge < -0.3 is 5.32 Å². The van der Waals surface area contributed by atoms with Crippen LogP contribution >= 0.6 is 15.9 Å². The molecule has 0 atom stereocenters. The van der Waals surface area contributed by atoms with Crippen LogP contribution in [0.25, 0.3) is 0 Å². The van der Waals surface area contributed by atoms with Gasteiger partial charge in [-0.2, -0.15) is 13.2 Å². The fourth-order valence-electron chi connectivity index (χ4n) is 1.40. The van der Waals surface area contributed by atoms with Crippen molar-refractivity contribution >= 4 is 21.8 Å². The fraction of sp³-hybridized carbons (Fsp3) is 0.400. The highest BCUT2D eigenvalue weighted by molar-refractivity contribution is 9.10. The van der Waals surface area contributed by atoms with Gasteiger partial charge in [-0.05, 0) is 40.9 Å². The van der Waals surface area contributed by atoms with Gasteiger partial charge in [-0.25, -0.2) is 4.98 Å². The van der Waals surface area contributed by atoms with E-state index in [1.54, 1.807) is 6.07 Å². The van der Waals surface area contributed by atoms with Crippen LogP contribution < -0.4 is 5.32 Å². The number of hydrogen-bond donors (Lipinski definition) is 1. The lowest BCUT2D eigenvalue weighted by Crippen LogP contribution is -2.48. The first kappa shape index (κ1) is 12.3. The van der Waals surface area contributed by atoms with E-state index < -0.39 is 17.6 Å². The molecule has 0 aromatic carbocycles. The van der Waals surface area contributed by atoms with Gasteiger partial charge in [-0.15, -0.1) is 0 Å². The summed E-state index contributed by atoms with van der Waals surface area (Å²) < 4.78 is 38.4. The number of aromatic nitrogens is 1. The minimum Gasteiger partial charge on any atom is -0.336 e. The smallest absolute Gasteiger partial charge is 0.336 e. The average Bonchev–Trinajstić information content (AvgIpc) is 2.98. The maximum atomic E-state index is 12.6. The van der Waals surface area contributed by atoms with E-state index >= 15 is 0 Å². The maximum absolute atomic E-state index is 12.6. The van der Waals surface area contributed by atoms with E-state index in [1.165, 1.54) is 12.3 Å². The second-order valence-corrected chi connectivity index (χ2v) is 4.81. The quantitative estimate of drug-likeness (QED) is 0.912. The predicted octanol–water partition coefficient (Wildman–Crippen LogP) is 2.67. The van der Waals surface area contributed by atoms with Gasteiger partial charge in [0.1, 0.15) is 11.2 Å². The van der Waals surface area contributed by atoms with E-state index in [0.29, 0.717) is 4.47 Å².